The number of carbonyl (C=O) groups excluding carboxylic acids is 1. The summed E-state index contributed by atoms with van der Waals surface area (Å²) in [5.74, 6) is 0.389. The van der Waals surface area contributed by atoms with Crippen LogP contribution in [0.5, 0.6) is 0 Å². The highest BCUT2D eigenvalue weighted by atomic mass is 16.2. The lowest BCUT2D eigenvalue weighted by molar-refractivity contribution is 0.251. The minimum absolute atomic E-state index is 0.245. The van der Waals surface area contributed by atoms with Crippen molar-refractivity contribution < 1.29 is 4.79 Å². The maximum Gasteiger partial charge on any atom is 0.320 e. The number of anilines is 2. The van der Waals surface area contributed by atoms with Gasteiger partial charge in [0.25, 0.3) is 0 Å². The Labute approximate surface area is 81.2 Å². The summed E-state index contributed by atoms with van der Waals surface area (Å²) in [6, 6.07) is 0.0852. The second kappa shape index (κ2) is 3.21. The SMILES string of the molecule is Cc1[nH]nc(NC(=O)NC2CC2)c1N. The monoisotopic (exact) mass is 195 g/mol. The molecular weight excluding hydrogens is 182 g/mol. The normalized spacial score (nSPS) is 15.2. The van der Waals surface area contributed by atoms with Crippen molar-refractivity contribution in [3.63, 3.8) is 0 Å². The summed E-state index contributed by atoms with van der Waals surface area (Å²) in [5.41, 5.74) is 6.90. The van der Waals surface area contributed by atoms with Crippen LogP contribution in [0.25, 0.3) is 0 Å². The van der Waals surface area contributed by atoms with Crippen molar-refractivity contribution in [2.24, 2.45) is 0 Å². The van der Waals surface area contributed by atoms with Gasteiger partial charge in [0.05, 0.1) is 11.4 Å². The third-order valence-electron chi connectivity index (χ3n) is 2.14. The number of nitrogens with one attached hydrogen (secondary N) is 3. The largest absolute Gasteiger partial charge is 0.394 e. The number of H-pyrrole nitrogens is 1. The van der Waals surface area contributed by atoms with Gasteiger partial charge in [0.1, 0.15) is 0 Å². The molecule has 1 aromatic rings. The lowest BCUT2D eigenvalue weighted by Crippen LogP contribution is -2.30. The van der Waals surface area contributed by atoms with Crippen molar-refractivity contribution in [3.05, 3.63) is 5.69 Å². The molecule has 0 radical (unpaired) electrons. The molecule has 6 nitrogen and oxygen atoms in total. The molecule has 14 heavy (non-hydrogen) atoms. The van der Waals surface area contributed by atoms with Gasteiger partial charge in [-0.15, -0.1) is 0 Å². The van der Waals surface area contributed by atoms with E-state index in [1.807, 2.05) is 0 Å². The van der Waals surface area contributed by atoms with Gasteiger partial charge in [-0.3, -0.25) is 10.4 Å². The van der Waals surface area contributed by atoms with Gasteiger partial charge in [-0.1, -0.05) is 0 Å². The van der Waals surface area contributed by atoms with Crippen molar-refractivity contribution in [2.75, 3.05) is 11.1 Å². The minimum atomic E-state index is -0.245. The first-order valence-corrected chi connectivity index (χ1v) is 4.55. The molecule has 1 heterocycles. The number of urea groups is 1. The number of hydrogen-bond donors (Lipinski definition) is 4. The van der Waals surface area contributed by atoms with E-state index in [0.717, 1.165) is 18.5 Å². The van der Waals surface area contributed by atoms with E-state index in [0.29, 0.717) is 17.5 Å². The van der Waals surface area contributed by atoms with Crippen LogP contribution in [-0.2, 0) is 0 Å². The standard InChI is InChI=1S/C8H13N5O/c1-4-6(9)7(13-12-4)11-8(14)10-5-2-3-5/h5H,2-3,9H2,1H3,(H3,10,11,12,13,14). The number of aryl methyl sites for hydroxylation is 1. The van der Waals surface area contributed by atoms with Crippen LogP contribution in [0.3, 0.4) is 0 Å². The number of nitrogen functional groups attached to an aromatic ring is 1. The molecular formula is C8H13N5O. The third kappa shape index (κ3) is 1.78. The fourth-order valence-corrected chi connectivity index (χ4v) is 1.09. The van der Waals surface area contributed by atoms with E-state index in [2.05, 4.69) is 20.8 Å². The summed E-state index contributed by atoms with van der Waals surface area (Å²) in [5, 5.41) is 11.9. The van der Waals surface area contributed by atoms with E-state index >= 15 is 0 Å². The average molecular weight is 195 g/mol. The van der Waals surface area contributed by atoms with Gasteiger partial charge in [0.2, 0.25) is 0 Å². The second-order valence-electron chi connectivity index (χ2n) is 3.48. The van der Waals surface area contributed by atoms with Crippen molar-refractivity contribution in [3.8, 4) is 0 Å². The predicted molar refractivity (Wildman–Crippen MR) is 52.9 cm³/mol. The lowest BCUT2D eigenvalue weighted by Gasteiger charge is -2.03. The van der Waals surface area contributed by atoms with Crippen molar-refractivity contribution in [1.82, 2.24) is 15.5 Å². The molecule has 0 atom stereocenters. The number of carbonyl (C=O) groups is 1. The summed E-state index contributed by atoms with van der Waals surface area (Å²) in [7, 11) is 0. The van der Waals surface area contributed by atoms with Gasteiger partial charge in [0.15, 0.2) is 5.82 Å². The van der Waals surface area contributed by atoms with Crippen LogP contribution in [0.2, 0.25) is 0 Å². The number of rotatable bonds is 2. The molecule has 2 rings (SSSR count). The number of nitrogens with zero attached hydrogens (tertiary/aromatic N) is 1. The van der Waals surface area contributed by atoms with E-state index in [1.54, 1.807) is 6.92 Å². The Hall–Kier alpha value is -1.72. The van der Waals surface area contributed by atoms with Crippen LogP contribution in [0, 0.1) is 6.92 Å². The first-order chi connectivity index (χ1) is 6.66. The molecule has 0 unspecified atom stereocenters. The molecule has 6 heteroatoms. The van der Waals surface area contributed by atoms with Gasteiger partial charge in [-0.05, 0) is 19.8 Å². The molecule has 5 N–H and O–H groups in total. The van der Waals surface area contributed by atoms with Gasteiger partial charge in [0, 0.05) is 6.04 Å². The summed E-state index contributed by atoms with van der Waals surface area (Å²) < 4.78 is 0. The molecule has 1 aliphatic carbocycles. The van der Waals surface area contributed by atoms with Crippen molar-refractivity contribution in [2.45, 2.75) is 25.8 Å². The van der Waals surface area contributed by atoms with Gasteiger partial charge >= 0.3 is 6.03 Å². The highest BCUT2D eigenvalue weighted by Gasteiger charge is 2.23. The van der Waals surface area contributed by atoms with E-state index in [-0.39, 0.29) is 6.03 Å². The van der Waals surface area contributed by atoms with E-state index in [4.69, 9.17) is 5.73 Å². The number of aromatic nitrogens is 2. The zero-order chi connectivity index (χ0) is 10.1. The number of aromatic amines is 1. The molecule has 1 saturated carbocycles. The topological polar surface area (TPSA) is 95.8 Å². The van der Waals surface area contributed by atoms with Crippen LogP contribution in [0.4, 0.5) is 16.3 Å². The second-order valence-corrected chi connectivity index (χ2v) is 3.48. The molecule has 0 aliphatic heterocycles. The minimum Gasteiger partial charge on any atom is -0.394 e. The molecule has 1 aromatic heterocycles. The molecule has 1 fully saturated rings. The van der Waals surface area contributed by atoms with Crippen molar-refractivity contribution >= 4 is 17.5 Å². The Morgan fingerprint density at radius 1 is 1.64 bits per heavy atom. The molecule has 0 bridgehead atoms. The zero-order valence-corrected chi connectivity index (χ0v) is 7.92. The van der Waals surface area contributed by atoms with Crippen LogP contribution >= 0.6 is 0 Å². The molecule has 2 amide bonds. The van der Waals surface area contributed by atoms with E-state index < -0.39 is 0 Å². The fraction of sp³-hybridized carbons (Fsp3) is 0.500. The Morgan fingerprint density at radius 2 is 2.36 bits per heavy atom. The van der Waals surface area contributed by atoms with Crippen LogP contribution < -0.4 is 16.4 Å². The molecule has 0 aromatic carbocycles. The van der Waals surface area contributed by atoms with E-state index in [9.17, 15) is 4.79 Å². The Bertz CT molecular complexity index is 355. The molecule has 0 spiro atoms. The first kappa shape index (κ1) is 8.86. The predicted octanol–water partition coefficient (Wildman–Crippen LogP) is 0.584. The highest BCUT2D eigenvalue weighted by Crippen LogP contribution is 2.20. The maximum atomic E-state index is 11.3. The van der Waals surface area contributed by atoms with Gasteiger partial charge in [-0.2, -0.15) is 5.10 Å². The van der Waals surface area contributed by atoms with Crippen LogP contribution in [0.15, 0.2) is 0 Å². The van der Waals surface area contributed by atoms with Gasteiger partial charge in [-0.25, -0.2) is 4.79 Å². The average Bonchev–Trinajstić information content (AvgIpc) is 2.89. The van der Waals surface area contributed by atoms with Gasteiger partial charge < -0.3 is 11.1 Å². The molecule has 1 aliphatic rings. The quantitative estimate of drug-likeness (QED) is 0.556. The highest BCUT2D eigenvalue weighted by molar-refractivity contribution is 5.91. The molecule has 0 saturated heterocycles. The maximum absolute atomic E-state index is 11.3. The first-order valence-electron chi connectivity index (χ1n) is 4.55. The zero-order valence-electron chi connectivity index (χ0n) is 7.92. The fourth-order valence-electron chi connectivity index (χ4n) is 1.09. The molecule has 76 valence electrons. The smallest absolute Gasteiger partial charge is 0.320 e. The van der Waals surface area contributed by atoms with Crippen LogP contribution in [0.1, 0.15) is 18.5 Å². The third-order valence-corrected chi connectivity index (χ3v) is 2.14. The number of hydrogen-bond acceptors (Lipinski definition) is 3. The summed E-state index contributed by atoms with van der Waals surface area (Å²) in [6.45, 7) is 1.80. The summed E-state index contributed by atoms with van der Waals surface area (Å²) in [4.78, 5) is 11.3. The van der Waals surface area contributed by atoms with Crippen molar-refractivity contribution in [1.29, 1.82) is 0 Å². The summed E-state index contributed by atoms with van der Waals surface area (Å²) in [6.07, 6.45) is 2.12. The Balaban J connectivity index is 1.95. The summed E-state index contributed by atoms with van der Waals surface area (Å²) >= 11 is 0. The van der Waals surface area contributed by atoms with E-state index in [1.165, 1.54) is 0 Å². The lowest BCUT2D eigenvalue weighted by atomic mass is 10.4. The number of amides is 2. The Morgan fingerprint density at radius 3 is 2.86 bits per heavy atom. The number of nitrogens with two attached hydrogens (primary N) is 1. The Kier molecular flexibility index (Phi) is 2.03. The van der Waals surface area contributed by atoms with Crippen LogP contribution in [-0.4, -0.2) is 22.3 Å².